The molecule has 0 aliphatic heterocycles. The van der Waals surface area contributed by atoms with Crippen molar-refractivity contribution in [1.82, 2.24) is 15.0 Å². The Kier molecular flexibility index (Phi) is 8.71. The Morgan fingerprint density at radius 3 is 1.46 bits per heavy atom. The highest BCUT2D eigenvalue weighted by atomic mass is 32.1. The largest absolute Gasteiger partial charge is 0.208 e. The first-order valence-corrected chi connectivity index (χ1v) is 22.8. The number of fused-ring (bicyclic) bond motifs is 7. The van der Waals surface area contributed by atoms with E-state index in [4.69, 9.17) is 15.0 Å². The average molecular weight is 844 g/mol. The summed E-state index contributed by atoms with van der Waals surface area (Å²) >= 11 is 1.85. The summed E-state index contributed by atoms with van der Waals surface area (Å²) in [6.45, 7) is 0. The molecule has 2 aromatic heterocycles. The molecule has 13 rings (SSSR count). The fraction of sp³-hybridized carbons (Fsp3) is 0. The SMILES string of the molecule is c1ccc(-c2cccc3c(-c4nc(-c5ccc6cc(-c7cccc8ccccc78)ccc6c5)nc(-c5ccc(-c6ccc7c(c6)sc6ccccc67)c6ccccc56)n4)cccc23)cc1. The Morgan fingerprint density at radius 2 is 0.692 bits per heavy atom. The molecule has 4 heteroatoms. The molecule has 0 saturated heterocycles. The number of rotatable bonds is 6. The van der Waals surface area contributed by atoms with Crippen LogP contribution in [0.25, 0.3) is 131 Å². The molecule has 13 aromatic rings. The summed E-state index contributed by atoms with van der Waals surface area (Å²) < 4.78 is 2.59. The molecule has 0 aliphatic carbocycles. The van der Waals surface area contributed by atoms with E-state index < -0.39 is 0 Å². The highest BCUT2D eigenvalue weighted by molar-refractivity contribution is 7.25. The monoisotopic (exact) mass is 843 g/mol. The lowest BCUT2D eigenvalue weighted by Crippen LogP contribution is -2.01. The summed E-state index contributed by atoms with van der Waals surface area (Å²) in [4.78, 5) is 16.1. The number of nitrogens with zero attached hydrogens (tertiary/aromatic N) is 3. The molecule has 0 bridgehead atoms. The zero-order chi connectivity index (χ0) is 42.8. The van der Waals surface area contributed by atoms with E-state index in [0.717, 1.165) is 49.0 Å². The minimum atomic E-state index is 0.629. The van der Waals surface area contributed by atoms with Crippen molar-refractivity contribution in [3.63, 3.8) is 0 Å². The summed E-state index contributed by atoms with van der Waals surface area (Å²) in [6, 6.07) is 80.6. The van der Waals surface area contributed by atoms with E-state index in [1.807, 2.05) is 11.3 Å². The van der Waals surface area contributed by atoms with Crippen molar-refractivity contribution >= 4 is 74.6 Å². The van der Waals surface area contributed by atoms with Crippen LogP contribution < -0.4 is 0 Å². The number of benzene rings is 11. The highest BCUT2D eigenvalue weighted by Gasteiger charge is 2.19. The maximum Gasteiger partial charge on any atom is 0.164 e. The second-order valence-corrected chi connectivity index (χ2v) is 17.8. The van der Waals surface area contributed by atoms with Crippen LogP contribution in [0, 0.1) is 0 Å². The molecule has 0 atom stereocenters. The lowest BCUT2D eigenvalue weighted by molar-refractivity contribution is 1.08. The molecule has 0 fully saturated rings. The summed E-state index contributed by atoms with van der Waals surface area (Å²) in [5, 5.41) is 11.9. The molecule has 0 amide bonds. The quantitative estimate of drug-likeness (QED) is 0.167. The normalized spacial score (nSPS) is 11.7. The number of thiophene rings is 1. The third kappa shape index (κ3) is 6.37. The van der Waals surface area contributed by atoms with Gasteiger partial charge in [-0.2, -0.15) is 0 Å². The van der Waals surface area contributed by atoms with Crippen LogP contribution in [0.4, 0.5) is 0 Å². The van der Waals surface area contributed by atoms with Gasteiger partial charge in [-0.15, -0.1) is 11.3 Å². The molecule has 0 spiro atoms. The van der Waals surface area contributed by atoms with Crippen LogP contribution in [0.3, 0.4) is 0 Å². The molecular weight excluding hydrogens is 807 g/mol. The lowest BCUT2D eigenvalue weighted by Gasteiger charge is -2.15. The Bertz CT molecular complexity index is 4010. The maximum atomic E-state index is 5.38. The van der Waals surface area contributed by atoms with Gasteiger partial charge in [0.05, 0.1) is 0 Å². The van der Waals surface area contributed by atoms with Crippen molar-refractivity contribution in [2.45, 2.75) is 0 Å². The first-order valence-electron chi connectivity index (χ1n) is 22.0. The van der Waals surface area contributed by atoms with Crippen molar-refractivity contribution in [2.24, 2.45) is 0 Å². The molecule has 0 aliphatic rings. The Labute approximate surface area is 379 Å². The lowest BCUT2D eigenvalue weighted by atomic mass is 9.94. The minimum absolute atomic E-state index is 0.629. The Morgan fingerprint density at radius 1 is 0.231 bits per heavy atom. The van der Waals surface area contributed by atoms with Gasteiger partial charge in [0.25, 0.3) is 0 Å². The van der Waals surface area contributed by atoms with Crippen molar-refractivity contribution in [1.29, 1.82) is 0 Å². The van der Waals surface area contributed by atoms with Crippen LogP contribution in [0.15, 0.2) is 224 Å². The van der Waals surface area contributed by atoms with Crippen molar-refractivity contribution < 1.29 is 0 Å². The summed E-state index contributed by atoms with van der Waals surface area (Å²) in [5.41, 5.74) is 9.99. The summed E-state index contributed by atoms with van der Waals surface area (Å²) in [5.74, 6) is 1.90. The Hall–Kier alpha value is -8.31. The summed E-state index contributed by atoms with van der Waals surface area (Å²) in [7, 11) is 0. The number of hydrogen-bond acceptors (Lipinski definition) is 4. The van der Waals surface area contributed by atoms with Gasteiger partial charge in [-0.05, 0) is 107 Å². The number of hydrogen-bond donors (Lipinski definition) is 0. The highest BCUT2D eigenvalue weighted by Crippen LogP contribution is 2.41. The van der Waals surface area contributed by atoms with Gasteiger partial charge in [-0.25, -0.2) is 15.0 Å². The minimum Gasteiger partial charge on any atom is -0.208 e. The van der Waals surface area contributed by atoms with Crippen molar-refractivity contribution in [3.05, 3.63) is 224 Å². The molecule has 65 heavy (non-hydrogen) atoms. The first kappa shape index (κ1) is 37.3. The van der Waals surface area contributed by atoms with Crippen molar-refractivity contribution in [3.8, 4) is 67.5 Å². The topological polar surface area (TPSA) is 38.7 Å². The molecule has 2 heterocycles. The van der Waals surface area contributed by atoms with Crippen LogP contribution in [-0.4, -0.2) is 15.0 Å². The van der Waals surface area contributed by atoms with E-state index in [-0.39, 0.29) is 0 Å². The van der Waals surface area contributed by atoms with Crippen LogP contribution in [0.1, 0.15) is 0 Å². The van der Waals surface area contributed by atoms with Crippen LogP contribution in [0.2, 0.25) is 0 Å². The zero-order valence-electron chi connectivity index (χ0n) is 35.1. The van der Waals surface area contributed by atoms with Gasteiger partial charge in [0.1, 0.15) is 0 Å². The predicted molar refractivity (Wildman–Crippen MR) is 275 cm³/mol. The maximum absolute atomic E-state index is 5.38. The predicted octanol–water partition coefficient (Wildman–Crippen LogP) is 16.9. The van der Waals surface area contributed by atoms with Gasteiger partial charge in [-0.3, -0.25) is 0 Å². The van der Waals surface area contributed by atoms with Gasteiger partial charge < -0.3 is 0 Å². The van der Waals surface area contributed by atoms with Crippen LogP contribution in [0.5, 0.6) is 0 Å². The van der Waals surface area contributed by atoms with E-state index in [9.17, 15) is 0 Å². The molecule has 0 unspecified atom stereocenters. The Balaban J connectivity index is 0.984. The molecule has 0 saturated carbocycles. The molecule has 0 radical (unpaired) electrons. The van der Waals surface area contributed by atoms with E-state index in [1.165, 1.54) is 64.3 Å². The zero-order valence-corrected chi connectivity index (χ0v) is 35.9. The van der Waals surface area contributed by atoms with Gasteiger partial charge in [-0.1, -0.05) is 194 Å². The standard InChI is InChI=1S/C61H37N3S/c1-2-13-38(14-3-1)46-22-11-24-52-50(46)23-12-25-55(52)60-62-59(44-30-28-40-35-42(29-27-41(40)36-44)47-21-10-16-39-15-4-5-17-45(39)47)63-61(64-60)56-34-33-48(49-18-6-7-19-51(49)56)43-31-32-54-53-20-8-9-26-57(53)65-58(54)37-43/h1-37H. The molecule has 11 aromatic carbocycles. The molecule has 302 valence electrons. The van der Waals surface area contributed by atoms with Gasteiger partial charge >= 0.3 is 0 Å². The fourth-order valence-electron chi connectivity index (χ4n) is 9.79. The van der Waals surface area contributed by atoms with Crippen LogP contribution >= 0.6 is 11.3 Å². The molecule has 0 N–H and O–H groups in total. The van der Waals surface area contributed by atoms with Gasteiger partial charge in [0, 0.05) is 36.9 Å². The van der Waals surface area contributed by atoms with Crippen molar-refractivity contribution in [2.75, 3.05) is 0 Å². The third-order valence-electron chi connectivity index (χ3n) is 12.9. The second-order valence-electron chi connectivity index (χ2n) is 16.7. The molecule has 3 nitrogen and oxygen atoms in total. The van der Waals surface area contributed by atoms with Crippen LogP contribution in [-0.2, 0) is 0 Å². The molecular formula is C61H37N3S. The first-order chi connectivity index (χ1) is 32.2. The average Bonchev–Trinajstić information content (AvgIpc) is 3.75. The van der Waals surface area contributed by atoms with E-state index in [1.54, 1.807) is 0 Å². The smallest absolute Gasteiger partial charge is 0.164 e. The number of aromatic nitrogens is 3. The van der Waals surface area contributed by atoms with E-state index in [2.05, 4.69) is 224 Å². The van der Waals surface area contributed by atoms with E-state index in [0.29, 0.717) is 17.5 Å². The third-order valence-corrected chi connectivity index (χ3v) is 14.1. The summed E-state index contributed by atoms with van der Waals surface area (Å²) in [6.07, 6.45) is 0. The van der Waals surface area contributed by atoms with Gasteiger partial charge in [0.2, 0.25) is 0 Å². The van der Waals surface area contributed by atoms with E-state index >= 15 is 0 Å². The second kappa shape index (κ2) is 15.2. The fourth-order valence-corrected chi connectivity index (χ4v) is 10.9. The van der Waals surface area contributed by atoms with Gasteiger partial charge in [0.15, 0.2) is 17.5 Å².